The van der Waals surface area contributed by atoms with Crippen LogP contribution in [0.1, 0.15) is 51.5 Å². The van der Waals surface area contributed by atoms with Crippen molar-refractivity contribution >= 4 is 28.8 Å². The molecule has 0 radical (unpaired) electrons. The van der Waals surface area contributed by atoms with Crippen molar-refractivity contribution < 1.29 is 9.59 Å². The van der Waals surface area contributed by atoms with E-state index >= 15 is 0 Å². The summed E-state index contributed by atoms with van der Waals surface area (Å²) < 4.78 is 0. The van der Waals surface area contributed by atoms with Gasteiger partial charge in [-0.1, -0.05) is 30.5 Å². The van der Waals surface area contributed by atoms with Crippen LogP contribution in [0.3, 0.4) is 0 Å². The average molecular weight is 399 g/mol. The quantitative estimate of drug-likeness (QED) is 0.860. The van der Waals surface area contributed by atoms with Crippen molar-refractivity contribution in [2.45, 2.75) is 38.6 Å². The molecule has 0 spiro atoms. The minimum Gasteiger partial charge on any atom is -0.368 e. The number of carbonyl (C=O) groups is 2. The number of hydrogen-bond acceptors (Lipinski definition) is 5. The van der Waals surface area contributed by atoms with Gasteiger partial charge in [-0.05, 0) is 31.9 Å². The Labute approximate surface area is 169 Å². The number of rotatable bonds is 4. The number of amides is 2. The van der Waals surface area contributed by atoms with Crippen LogP contribution in [-0.4, -0.2) is 53.9 Å². The van der Waals surface area contributed by atoms with Crippen LogP contribution in [0.4, 0.5) is 5.69 Å². The van der Waals surface area contributed by atoms with Crippen LogP contribution in [0.2, 0.25) is 0 Å². The first-order valence-electron chi connectivity index (χ1n) is 9.97. The van der Waals surface area contributed by atoms with Gasteiger partial charge >= 0.3 is 0 Å². The van der Waals surface area contributed by atoms with Gasteiger partial charge in [0.2, 0.25) is 0 Å². The van der Waals surface area contributed by atoms with E-state index in [1.54, 1.807) is 5.38 Å². The molecule has 28 heavy (non-hydrogen) atoms. The Morgan fingerprint density at radius 1 is 1.07 bits per heavy atom. The molecule has 6 nitrogen and oxygen atoms in total. The highest BCUT2D eigenvalue weighted by atomic mass is 32.1. The number of nitrogens with zero attached hydrogens (tertiary/aromatic N) is 3. The molecule has 1 N–H and O–H groups in total. The lowest BCUT2D eigenvalue weighted by atomic mass is 10.2. The average Bonchev–Trinajstić information content (AvgIpc) is 3.40. The molecule has 1 aromatic heterocycles. The fourth-order valence-electron chi connectivity index (χ4n) is 3.88. The fraction of sp³-hybridized carbons (Fsp3) is 0.476. The van der Waals surface area contributed by atoms with E-state index in [4.69, 9.17) is 0 Å². The molecule has 1 aliphatic carbocycles. The van der Waals surface area contributed by atoms with Gasteiger partial charge < -0.3 is 15.1 Å². The van der Waals surface area contributed by atoms with Crippen molar-refractivity contribution in [2.75, 3.05) is 31.1 Å². The predicted molar refractivity (Wildman–Crippen MR) is 111 cm³/mol. The first kappa shape index (κ1) is 18.9. The third-order valence-corrected chi connectivity index (χ3v) is 6.41. The van der Waals surface area contributed by atoms with E-state index in [1.165, 1.54) is 35.4 Å². The second-order valence-electron chi connectivity index (χ2n) is 7.61. The summed E-state index contributed by atoms with van der Waals surface area (Å²) in [5.74, 6) is -0.236. The molecule has 1 aromatic carbocycles. The molecule has 148 valence electrons. The third kappa shape index (κ3) is 4.19. The van der Waals surface area contributed by atoms with E-state index in [0.29, 0.717) is 23.8 Å². The molecule has 1 aliphatic heterocycles. The van der Waals surface area contributed by atoms with Gasteiger partial charge in [-0.3, -0.25) is 9.59 Å². The van der Waals surface area contributed by atoms with Crippen LogP contribution in [0.25, 0.3) is 0 Å². The normalized spacial score (nSPS) is 17.8. The van der Waals surface area contributed by atoms with Gasteiger partial charge in [-0.15, -0.1) is 11.3 Å². The molecule has 1 saturated carbocycles. The van der Waals surface area contributed by atoms with Gasteiger partial charge in [-0.25, -0.2) is 4.98 Å². The number of carbonyl (C=O) groups excluding carboxylic acids is 2. The summed E-state index contributed by atoms with van der Waals surface area (Å²) in [6, 6.07) is 8.73. The minimum atomic E-state index is -0.153. The van der Waals surface area contributed by atoms with Gasteiger partial charge in [0.15, 0.2) is 5.01 Å². The Morgan fingerprint density at radius 2 is 1.75 bits per heavy atom. The Balaban J connectivity index is 1.33. The van der Waals surface area contributed by atoms with Crippen molar-refractivity contribution in [3.05, 3.63) is 45.9 Å². The number of anilines is 1. The minimum absolute atomic E-state index is 0.0836. The Kier molecular flexibility index (Phi) is 5.62. The molecule has 0 atom stereocenters. The van der Waals surface area contributed by atoms with Crippen LogP contribution in [0.15, 0.2) is 29.6 Å². The van der Waals surface area contributed by atoms with E-state index < -0.39 is 0 Å². The molecule has 2 heterocycles. The van der Waals surface area contributed by atoms with Crippen molar-refractivity contribution in [3.63, 3.8) is 0 Å². The lowest BCUT2D eigenvalue weighted by Crippen LogP contribution is -2.48. The second-order valence-corrected chi connectivity index (χ2v) is 8.47. The largest absolute Gasteiger partial charge is 0.368 e. The highest BCUT2D eigenvalue weighted by Gasteiger charge is 2.26. The first-order chi connectivity index (χ1) is 13.6. The van der Waals surface area contributed by atoms with Crippen LogP contribution < -0.4 is 10.2 Å². The molecule has 2 fully saturated rings. The first-order valence-corrected chi connectivity index (χ1v) is 10.9. The van der Waals surface area contributed by atoms with Crippen LogP contribution in [0.5, 0.6) is 0 Å². The maximum atomic E-state index is 12.8. The topological polar surface area (TPSA) is 65.5 Å². The van der Waals surface area contributed by atoms with Crippen LogP contribution in [0, 0.1) is 6.92 Å². The Morgan fingerprint density at radius 3 is 2.43 bits per heavy atom. The Hall–Kier alpha value is -2.41. The summed E-state index contributed by atoms with van der Waals surface area (Å²) in [6.07, 6.45) is 4.41. The van der Waals surface area contributed by atoms with E-state index in [1.807, 2.05) is 4.90 Å². The van der Waals surface area contributed by atoms with Crippen molar-refractivity contribution in [3.8, 4) is 0 Å². The highest BCUT2D eigenvalue weighted by molar-refractivity contribution is 7.11. The molecule has 0 unspecified atom stereocenters. The summed E-state index contributed by atoms with van der Waals surface area (Å²) >= 11 is 1.25. The van der Waals surface area contributed by atoms with Gasteiger partial charge in [-0.2, -0.15) is 0 Å². The zero-order valence-electron chi connectivity index (χ0n) is 16.2. The number of aromatic nitrogens is 1. The lowest BCUT2D eigenvalue weighted by molar-refractivity contribution is 0.0741. The highest BCUT2D eigenvalue weighted by Crippen LogP contribution is 2.20. The number of piperazine rings is 1. The van der Waals surface area contributed by atoms with Crippen LogP contribution >= 0.6 is 11.3 Å². The molecule has 2 amide bonds. The van der Waals surface area contributed by atoms with Gasteiger partial charge in [0, 0.05) is 43.3 Å². The SMILES string of the molecule is Cc1ccc(N2CCN(C(=O)c3csc(C(=O)NC4CCCC4)n3)CC2)cc1. The molecule has 2 aromatic rings. The van der Waals surface area contributed by atoms with E-state index in [-0.39, 0.29) is 17.9 Å². The molecule has 7 heteroatoms. The van der Waals surface area contributed by atoms with Gasteiger partial charge in [0.1, 0.15) is 5.69 Å². The summed E-state index contributed by atoms with van der Waals surface area (Å²) in [5.41, 5.74) is 2.82. The monoisotopic (exact) mass is 398 g/mol. The number of hydrogen-bond donors (Lipinski definition) is 1. The molecular weight excluding hydrogens is 372 g/mol. The molecular formula is C21H26N4O2S. The van der Waals surface area contributed by atoms with E-state index in [9.17, 15) is 9.59 Å². The molecule has 4 rings (SSSR count). The maximum absolute atomic E-state index is 12.8. The maximum Gasteiger partial charge on any atom is 0.280 e. The summed E-state index contributed by atoms with van der Waals surface area (Å²) in [6.45, 7) is 5.00. The van der Waals surface area contributed by atoms with Crippen LogP contribution in [-0.2, 0) is 0 Å². The standard InChI is InChI=1S/C21H26N4O2S/c1-15-6-8-17(9-7-15)24-10-12-25(13-11-24)21(27)18-14-28-20(23-18)19(26)22-16-4-2-3-5-16/h6-9,14,16H,2-5,10-13H2,1H3,(H,22,26). The van der Waals surface area contributed by atoms with Crippen molar-refractivity contribution in [2.24, 2.45) is 0 Å². The summed E-state index contributed by atoms with van der Waals surface area (Å²) in [4.78, 5) is 33.6. The molecule has 0 bridgehead atoms. The Bertz CT molecular complexity index is 834. The van der Waals surface area contributed by atoms with Crippen molar-refractivity contribution in [1.82, 2.24) is 15.2 Å². The smallest absolute Gasteiger partial charge is 0.280 e. The summed E-state index contributed by atoms with van der Waals surface area (Å²) in [5, 5.41) is 5.12. The zero-order valence-corrected chi connectivity index (χ0v) is 17.0. The summed E-state index contributed by atoms with van der Waals surface area (Å²) in [7, 11) is 0. The predicted octanol–water partition coefficient (Wildman–Crippen LogP) is 3.09. The molecule has 1 saturated heterocycles. The molecule has 2 aliphatic rings. The third-order valence-electron chi connectivity index (χ3n) is 5.57. The van der Waals surface area contributed by atoms with Gasteiger partial charge in [0.05, 0.1) is 0 Å². The van der Waals surface area contributed by atoms with E-state index in [0.717, 1.165) is 25.9 Å². The second kappa shape index (κ2) is 8.31. The number of thiazole rings is 1. The van der Waals surface area contributed by atoms with Gasteiger partial charge in [0.25, 0.3) is 11.8 Å². The lowest BCUT2D eigenvalue weighted by Gasteiger charge is -2.35. The van der Waals surface area contributed by atoms with Crippen molar-refractivity contribution in [1.29, 1.82) is 0 Å². The zero-order chi connectivity index (χ0) is 19.5. The number of nitrogens with one attached hydrogen (secondary N) is 1. The fourth-order valence-corrected chi connectivity index (χ4v) is 4.57. The van der Waals surface area contributed by atoms with E-state index in [2.05, 4.69) is 46.4 Å². The number of benzene rings is 1. The number of aryl methyl sites for hydroxylation is 1.